The van der Waals surface area contributed by atoms with Gasteiger partial charge < -0.3 is 4.42 Å². The molecule has 0 atom stereocenters. The first-order valence-corrected chi connectivity index (χ1v) is 4.72. The van der Waals surface area contributed by atoms with Crippen molar-refractivity contribution < 1.29 is 9.21 Å². The molecule has 78 valence electrons. The number of furan rings is 1. The molecule has 5 heteroatoms. The first-order chi connectivity index (χ1) is 7.86. The molecule has 3 aromatic rings. The molecule has 3 heterocycles. The third-order valence-corrected chi connectivity index (χ3v) is 2.23. The Kier molecular flexibility index (Phi) is 1.83. The molecule has 0 saturated carbocycles. The molecule has 3 rings (SSSR count). The van der Waals surface area contributed by atoms with Gasteiger partial charge in [0.1, 0.15) is 0 Å². The van der Waals surface area contributed by atoms with Gasteiger partial charge >= 0.3 is 0 Å². The minimum absolute atomic E-state index is 0.507. The Balaban J connectivity index is 2.19. The maximum atomic E-state index is 10.6. The number of hydrogen-bond acceptors (Lipinski definition) is 4. The molecule has 0 aliphatic heterocycles. The lowest BCUT2D eigenvalue weighted by molar-refractivity contribution is 0.112. The van der Waals surface area contributed by atoms with E-state index in [1.807, 2.05) is 0 Å². The molecule has 16 heavy (non-hydrogen) atoms. The van der Waals surface area contributed by atoms with Crippen LogP contribution >= 0.6 is 0 Å². The summed E-state index contributed by atoms with van der Waals surface area (Å²) in [5, 5.41) is 4.22. The third kappa shape index (κ3) is 1.30. The zero-order valence-corrected chi connectivity index (χ0v) is 8.20. The molecule has 0 N–H and O–H groups in total. The minimum atomic E-state index is 0.507. The number of aromatic nitrogens is 3. The second-order valence-electron chi connectivity index (χ2n) is 3.30. The normalized spacial score (nSPS) is 10.8. The van der Waals surface area contributed by atoms with Gasteiger partial charge in [-0.1, -0.05) is 0 Å². The minimum Gasteiger partial charge on any atom is -0.461 e. The fourth-order valence-electron chi connectivity index (χ4n) is 1.48. The first-order valence-electron chi connectivity index (χ1n) is 4.72. The number of pyridine rings is 1. The number of carbonyl (C=O) groups is 1. The molecular weight excluding hydrogens is 206 g/mol. The molecule has 3 aromatic heterocycles. The largest absolute Gasteiger partial charge is 0.461 e. The van der Waals surface area contributed by atoms with Crippen LogP contribution in [0.3, 0.4) is 0 Å². The summed E-state index contributed by atoms with van der Waals surface area (Å²) >= 11 is 0. The highest BCUT2D eigenvalue weighted by Gasteiger charge is 2.08. The van der Waals surface area contributed by atoms with Crippen LogP contribution in [0.1, 0.15) is 10.4 Å². The van der Waals surface area contributed by atoms with Crippen molar-refractivity contribution in [1.82, 2.24) is 14.6 Å². The summed E-state index contributed by atoms with van der Waals surface area (Å²) in [6.45, 7) is 0. The Labute approximate surface area is 90.3 Å². The van der Waals surface area contributed by atoms with E-state index in [1.165, 1.54) is 0 Å². The molecule has 5 nitrogen and oxygen atoms in total. The van der Waals surface area contributed by atoms with Gasteiger partial charge in [-0.3, -0.25) is 4.79 Å². The topological polar surface area (TPSA) is 60.4 Å². The Hall–Kier alpha value is -2.43. The highest BCUT2D eigenvalue weighted by molar-refractivity contribution is 5.74. The van der Waals surface area contributed by atoms with Gasteiger partial charge in [0.25, 0.3) is 0 Å². The maximum absolute atomic E-state index is 10.6. The van der Waals surface area contributed by atoms with Gasteiger partial charge in [-0.05, 0) is 24.3 Å². The number of hydrogen-bond donors (Lipinski definition) is 0. The Morgan fingerprint density at radius 3 is 3.00 bits per heavy atom. The summed E-state index contributed by atoms with van der Waals surface area (Å²) in [6.07, 6.45) is 3.97. The fourth-order valence-corrected chi connectivity index (χ4v) is 1.48. The molecule has 0 unspecified atom stereocenters. The summed E-state index contributed by atoms with van der Waals surface area (Å²) in [7, 11) is 0. The van der Waals surface area contributed by atoms with Crippen LogP contribution in [-0.4, -0.2) is 20.9 Å². The van der Waals surface area contributed by atoms with E-state index < -0.39 is 0 Å². The van der Waals surface area contributed by atoms with Gasteiger partial charge in [0.2, 0.25) is 5.82 Å². The van der Waals surface area contributed by atoms with E-state index in [9.17, 15) is 4.79 Å². The Morgan fingerprint density at radius 2 is 2.25 bits per heavy atom. The van der Waals surface area contributed by atoms with E-state index in [4.69, 9.17) is 4.42 Å². The predicted molar refractivity (Wildman–Crippen MR) is 56.1 cm³/mol. The van der Waals surface area contributed by atoms with Crippen LogP contribution in [0.15, 0.2) is 41.1 Å². The van der Waals surface area contributed by atoms with Crippen molar-refractivity contribution in [2.24, 2.45) is 0 Å². The molecule has 0 aromatic carbocycles. The second-order valence-corrected chi connectivity index (χ2v) is 3.30. The summed E-state index contributed by atoms with van der Waals surface area (Å²) in [5.74, 6) is 1.12. The van der Waals surface area contributed by atoms with Crippen LogP contribution in [0.25, 0.3) is 17.2 Å². The van der Waals surface area contributed by atoms with Gasteiger partial charge in [-0.2, -0.15) is 0 Å². The number of nitrogens with zero attached hydrogens (tertiary/aromatic N) is 3. The van der Waals surface area contributed by atoms with E-state index in [1.54, 1.807) is 41.2 Å². The molecule has 0 amide bonds. The summed E-state index contributed by atoms with van der Waals surface area (Å²) in [5.41, 5.74) is 1.24. The van der Waals surface area contributed by atoms with E-state index in [-0.39, 0.29) is 0 Å². The standard InChI is InChI=1S/C11H7N3O2/c15-7-8-3-4-10-12-11(13-14(10)6-8)9-2-1-5-16-9/h1-7H. The molecule has 0 saturated heterocycles. The number of aldehydes is 1. The first kappa shape index (κ1) is 8.84. The van der Waals surface area contributed by atoms with Crippen molar-refractivity contribution in [3.8, 4) is 11.6 Å². The summed E-state index contributed by atoms with van der Waals surface area (Å²) in [4.78, 5) is 14.9. The summed E-state index contributed by atoms with van der Waals surface area (Å²) in [6, 6.07) is 7.00. The van der Waals surface area contributed by atoms with Crippen LogP contribution in [0.2, 0.25) is 0 Å². The quantitative estimate of drug-likeness (QED) is 0.609. The molecule has 0 radical (unpaired) electrons. The molecule has 0 aliphatic carbocycles. The lowest BCUT2D eigenvalue weighted by atomic mass is 10.3. The molecule has 0 aliphatic rings. The average molecular weight is 213 g/mol. The van der Waals surface area contributed by atoms with E-state index in [0.717, 1.165) is 6.29 Å². The molecule has 0 fully saturated rings. The maximum Gasteiger partial charge on any atom is 0.217 e. The van der Waals surface area contributed by atoms with Crippen molar-refractivity contribution in [2.75, 3.05) is 0 Å². The SMILES string of the molecule is O=Cc1ccc2nc(-c3ccco3)nn2c1. The molecule has 0 bridgehead atoms. The van der Waals surface area contributed by atoms with Crippen LogP contribution in [0.4, 0.5) is 0 Å². The average Bonchev–Trinajstić information content (AvgIpc) is 2.96. The second kappa shape index (κ2) is 3.30. The van der Waals surface area contributed by atoms with E-state index >= 15 is 0 Å². The molecule has 0 spiro atoms. The molecular formula is C11H7N3O2. The van der Waals surface area contributed by atoms with Gasteiger partial charge in [0.05, 0.1) is 6.26 Å². The van der Waals surface area contributed by atoms with Crippen molar-refractivity contribution in [2.45, 2.75) is 0 Å². The van der Waals surface area contributed by atoms with Gasteiger partial charge in [-0.15, -0.1) is 5.10 Å². The number of rotatable bonds is 2. The zero-order chi connectivity index (χ0) is 11.0. The van der Waals surface area contributed by atoms with Crippen molar-refractivity contribution in [3.63, 3.8) is 0 Å². The lowest BCUT2D eigenvalue weighted by Crippen LogP contribution is -1.89. The van der Waals surface area contributed by atoms with Gasteiger partial charge in [0, 0.05) is 11.8 Å². The monoisotopic (exact) mass is 213 g/mol. The Morgan fingerprint density at radius 1 is 1.31 bits per heavy atom. The van der Waals surface area contributed by atoms with Crippen molar-refractivity contribution in [1.29, 1.82) is 0 Å². The lowest BCUT2D eigenvalue weighted by Gasteiger charge is -1.90. The Bertz CT molecular complexity index is 640. The van der Waals surface area contributed by atoms with Gasteiger partial charge in [0.15, 0.2) is 17.7 Å². The van der Waals surface area contributed by atoms with Crippen LogP contribution in [-0.2, 0) is 0 Å². The fraction of sp³-hybridized carbons (Fsp3) is 0. The van der Waals surface area contributed by atoms with Crippen LogP contribution in [0, 0.1) is 0 Å². The van der Waals surface area contributed by atoms with E-state index in [0.29, 0.717) is 22.8 Å². The van der Waals surface area contributed by atoms with Gasteiger partial charge in [-0.25, -0.2) is 9.50 Å². The highest BCUT2D eigenvalue weighted by Crippen LogP contribution is 2.16. The smallest absolute Gasteiger partial charge is 0.217 e. The highest BCUT2D eigenvalue weighted by atomic mass is 16.3. The number of carbonyl (C=O) groups excluding carboxylic acids is 1. The third-order valence-electron chi connectivity index (χ3n) is 2.23. The summed E-state index contributed by atoms with van der Waals surface area (Å²) < 4.78 is 6.75. The zero-order valence-electron chi connectivity index (χ0n) is 8.20. The van der Waals surface area contributed by atoms with Crippen LogP contribution < -0.4 is 0 Å². The number of fused-ring (bicyclic) bond motifs is 1. The van der Waals surface area contributed by atoms with Crippen molar-refractivity contribution in [3.05, 3.63) is 42.3 Å². The predicted octanol–water partition coefficient (Wildman–Crippen LogP) is 1.80. The van der Waals surface area contributed by atoms with E-state index in [2.05, 4.69) is 10.1 Å². The van der Waals surface area contributed by atoms with Crippen LogP contribution in [0.5, 0.6) is 0 Å². The van der Waals surface area contributed by atoms with Crippen molar-refractivity contribution >= 4 is 11.9 Å².